The van der Waals surface area contributed by atoms with Crippen molar-refractivity contribution in [2.24, 2.45) is 0 Å². The maximum atomic E-state index is 13.0. The fraction of sp³-hybridized carbons (Fsp3) is 0.240. The van der Waals surface area contributed by atoms with E-state index in [1.807, 2.05) is 6.92 Å². The van der Waals surface area contributed by atoms with Crippen LogP contribution in [0.4, 0.5) is 11.4 Å². The summed E-state index contributed by atoms with van der Waals surface area (Å²) in [5.41, 5.74) is 1.01. The second-order valence-corrected chi connectivity index (χ2v) is 11.3. The maximum absolute atomic E-state index is 13.0. The summed E-state index contributed by atoms with van der Waals surface area (Å²) in [7, 11) is -6.36. The third-order valence-corrected chi connectivity index (χ3v) is 8.19. The summed E-state index contributed by atoms with van der Waals surface area (Å²) in [4.78, 5) is 12.5. The molecule has 0 atom stereocenters. The summed E-state index contributed by atoms with van der Waals surface area (Å²) in [5.74, 6) is 0.429. The van der Waals surface area contributed by atoms with Crippen molar-refractivity contribution in [2.75, 3.05) is 30.3 Å². The molecule has 0 bridgehead atoms. The summed E-state index contributed by atoms with van der Waals surface area (Å²) >= 11 is 0. The molecule has 0 aliphatic heterocycles. The van der Waals surface area contributed by atoms with Crippen LogP contribution in [-0.4, -0.2) is 43.0 Å². The lowest BCUT2D eigenvalue weighted by atomic mass is 10.2. The van der Waals surface area contributed by atoms with Crippen LogP contribution in [-0.2, 0) is 24.8 Å². The number of rotatable bonds is 12. The highest BCUT2D eigenvalue weighted by molar-refractivity contribution is 7.92. The molecule has 3 aromatic carbocycles. The van der Waals surface area contributed by atoms with Crippen LogP contribution in [0.3, 0.4) is 0 Å². The molecule has 0 fully saturated rings. The molecule has 10 nitrogen and oxygen atoms in total. The lowest BCUT2D eigenvalue weighted by Gasteiger charge is -2.14. The van der Waals surface area contributed by atoms with E-state index < -0.39 is 26.0 Å². The van der Waals surface area contributed by atoms with E-state index in [0.717, 1.165) is 0 Å². The molecule has 198 valence electrons. The average molecular weight is 548 g/mol. The first kappa shape index (κ1) is 28.0. The molecule has 0 heterocycles. The van der Waals surface area contributed by atoms with Crippen molar-refractivity contribution in [3.05, 3.63) is 72.3 Å². The quantitative estimate of drug-likeness (QED) is 0.315. The third kappa shape index (κ3) is 7.44. The Kier molecular flexibility index (Phi) is 9.14. The molecule has 0 saturated heterocycles. The molecular formula is C25H29N3O7S2. The standard InChI is InChI=1S/C25H29N3O7S2/c1-4-35-20-11-13-21(14-12-20)36(30,31)26-16-15-25(29)27-19-10-9-18(2)24(17-19)37(32,33)28-22-7-5-6-8-23(22)34-3/h5-14,17,26,28H,4,15-16H2,1-3H3,(H,27,29). The molecule has 3 rings (SSSR count). The van der Waals surface area contributed by atoms with Gasteiger partial charge in [-0.05, 0) is 67.9 Å². The molecule has 0 saturated carbocycles. The molecule has 3 N–H and O–H groups in total. The molecule has 0 spiro atoms. The summed E-state index contributed by atoms with van der Waals surface area (Å²) in [6.07, 6.45) is -0.161. The number of nitrogens with one attached hydrogen (secondary N) is 3. The van der Waals surface area contributed by atoms with E-state index in [-0.39, 0.29) is 34.1 Å². The minimum absolute atomic E-state index is 0.0209. The number of para-hydroxylation sites is 2. The molecule has 1 amide bonds. The predicted octanol–water partition coefficient (Wildman–Crippen LogP) is 3.51. The van der Waals surface area contributed by atoms with Gasteiger partial charge in [0.25, 0.3) is 10.0 Å². The maximum Gasteiger partial charge on any atom is 0.262 e. The Labute approximate surface area is 217 Å². The second kappa shape index (κ2) is 12.1. The van der Waals surface area contributed by atoms with Crippen LogP contribution in [0.25, 0.3) is 0 Å². The summed E-state index contributed by atoms with van der Waals surface area (Å²) in [6, 6.07) is 17.0. The van der Waals surface area contributed by atoms with Crippen molar-refractivity contribution in [3.8, 4) is 11.5 Å². The lowest BCUT2D eigenvalue weighted by molar-refractivity contribution is -0.116. The second-order valence-electron chi connectivity index (χ2n) is 7.89. The van der Waals surface area contributed by atoms with Gasteiger partial charge in [-0.15, -0.1) is 0 Å². The summed E-state index contributed by atoms with van der Waals surface area (Å²) in [6.45, 7) is 3.78. The molecule has 37 heavy (non-hydrogen) atoms. The molecule has 0 aliphatic rings. The van der Waals surface area contributed by atoms with Crippen LogP contribution in [0, 0.1) is 6.92 Å². The SMILES string of the molecule is CCOc1ccc(S(=O)(=O)NCCC(=O)Nc2ccc(C)c(S(=O)(=O)Nc3ccccc3OC)c2)cc1. The highest BCUT2D eigenvalue weighted by Gasteiger charge is 2.20. The van der Waals surface area contributed by atoms with Gasteiger partial charge in [-0.3, -0.25) is 9.52 Å². The zero-order chi connectivity index (χ0) is 27.1. The molecule has 0 aliphatic carbocycles. The smallest absolute Gasteiger partial charge is 0.262 e. The van der Waals surface area contributed by atoms with Gasteiger partial charge in [-0.2, -0.15) is 0 Å². The van der Waals surface area contributed by atoms with E-state index in [9.17, 15) is 21.6 Å². The van der Waals surface area contributed by atoms with Gasteiger partial charge in [0, 0.05) is 18.7 Å². The Balaban J connectivity index is 1.63. The van der Waals surface area contributed by atoms with Crippen LogP contribution in [0.1, 0.15) is 18.9 Å². The fourth-order valence-electron chi connectivity index (χ4n) is 3.38. The Morgan fingerprint density at radius 2 is 1.62 bits per heavy atom. The van der Waals surface area contributed by atoms with Gasteiger partial charge < -0.3 is 14.8 Å². The van der Waals surface area contributed by atoms with Crippen LogP contribution < -0.4 is 24.2 Å². The molecule has 0 radical (unpaired) electrons. The fourth-order valence-corrected chi connectivity index (χ4v) is 5.76. The van der Waals surface area contributed by atoms with Crippen molar-refractivity contribution in [1.82, 2.24) is 4.72 Å². The van der Waals surface area contributed by atoms with Gasteiger partial charge in [-0.25, -0.2) is 21.6 Å². The van der Waals surface area contributed by atoms with Crippen molar-refractivity contribution in [3.63, 3.8) is 0 Å². The number of aryl methyl sites for hydroxylation is 1. The van der Waals surface area contributed by atoms with E-state index in [4.69, 9.17) is 9.47 Å². The Hall–Kier alpha value is -3.61. The number of carbonyl (C=O) groups excluding carboxylic acids is 1. The van der Waals surface area contributed by atoms with Crippen molar-refractivity contribution in [2.45, 2.75) is 30.1 Å². The first-order valence-electron chi connectivity index (χ1n) is 11.3. The molecule has 0 unspecified atom stereocenters. The van der Waals surface area contributed by atoms with E-state index >= 15 is 0 Å². The van der Waals surface area contributed by atoms with Gasteiger partial charge >= 0.3 is 0 Å². The van der Waals surface area contributed by atoms with Gasteiger partial charge in [0.15, 0.2) is 0 Å². The minimum Gasteiger partial charge on any atom is -0.495 e. The van der Waals surface area contributed by atoms with E-state index in [1.165, 1.54) is 25.3 Å². The highest BCUT2D eigenvalue weighted by atomic mass is 32.2. The number of methoxy groups -OCH3 is 1. The largest absolute Gasteiger partial charge is 0.495 e. The number of benzene rings is 3. The van der Waals surface area contributed by atoms with E-state index in [2.05, 4.69) is 14.8 Å². The van der Waals surface area contributed by atoms with Gasteiger partial charge in [0.1, 0.15) is 11.5 Å². The van der Waals surface area contributed by atoms with Crippen LogP contribution in [0.2, 0.25) is 0 Å². The number of hydrogen-bond donors (Lipinski definition) is 3. The Morgan fingerprint density at radius 1 is 0.919 bits per heavy atom. The van der Waals surface area contributed by atoms with E-state index in [0.29, 0.717) is 23.7 Å². The zero-order valence-corrected chi connectivity index (χ0v) is 22.3. The predicted molar refractivity (Wildman–Crippen MR) is 141 cm³/mol. The average Bonchev–Trinajstić information content (AvgIpc) is 2.85. The van der Waals surface area contributed by atoms with Gasteiger partial charge in [-0.1, -0.05) is 18.2 Å². The number of amides is 1. The Bertz CT molecular complexity index is 1460. The first-order chi connectivity index (χ1) is 17.6. The zero-order valence-electron chi connectivity index (χ0n) is 20.6. The topological polar surface area (TPSA) is 140 Å². The molecular weight excluding hydrogens is 518 g/mol. The monoisotopic (exact) mass is 547 g/mol. The molecule has 0 aromatic heterocycles. The molecule has 3 aromatic rings. The summed E-state index contributed by atoms with van der Waals surface area (Å²) in [5, 5.41) is 2.61. The normalized spacial score (nSPS) is 11.5. The number of anilines is 2. The van der Waals surface area contributed by atoms with Crippen molar-refractivity contribution in [1.29, 1.82) is 0 Å². The van der Waals surface area contributed by atoms with Crippen LogP contribution in [0.5, 0.6) is 11.5 Å². The number of ether oxygens (including phenoxy) is 2. The van der Waals surface area contributed by atoms with Crippen LogP contribution >= 0.6 is 0 Å². The number of carbonyl (C=O) groups is 1. The molecule has 12 heteroatoms. The summed E-state index contributed by atoms with van der Waals surface area (Å²) < 4.78 is 66.4. The third-order valence-electron chi connectivity index (χ3n) is 5.20. The first-order valence-corrected chi connectivity index (χ1v) is 14.3. The van der Waals surface area contributed by atoms with Crippen molar-refractivity contribution >= 4 is 37.3 Å². The van der Waals surface area contributed by atoms with Crippen molar-refractivity contribution < 1.29 is 31.1 Å². The van der Waals surface area contributed by atoms with E-state index in [1.54, 1.807) is 55.5 Å². The van der Waals surface area contributed by atoms with Gasteiger partial charge in [0.2, 0.25) is 15.9 Å². The van der Waals surface area contributed by atoms with Gasteiger partial charge in [0.05, 0.1) is 29.2 Å². The Morgan fingerprint density at radius 3 is 2.30 bits per heavy atom. The van der Waals surface area contributed by atoms with Crippen LogP contribution in [0.15, 0.2) is 76.5 Å². The number of hydrogen-bond acceptors (Lipinski definition) is 7. The highest BCUT2D eigenvalue weighted by Crippen LogP contribution is 2.28. The lowest BCUT2D eigenvalue weighted by Crippen LogP contribution is -2.27. The number of sulfonamides is 2. The minimum atomic E-state index is -3.99.